The van der Waals surface area contributed by atoms with E-state index in [4.69, 9.17) is 4.74 Å². The molecular weight excluding hydrogens is 318 g/mol. The monoisotopic (exact) mass is 335 g/mol. The van der Waals surface area contributed by atoms with E-state index in [9.17, 15) is 0 Å². The third kappa shape index (κ3) is 2.77. The SMILES string of the molecule is CCc1c(C)nc(-c2cc(OC)ccc2Br)nc1NC. The Morgan fingerprint density at radius 2 is 2.05 bits per heavy atom. The second kappa shape index (κ2) is 6.22. The van der Waals surface area contributed by atoms with Crippen LogP contribution in [0.15, 0.2) is 22.7 Å². The quantitative estimate of drug-likeness (QED) is 0.922. The highest BCUT2D eigenvalue weighted by Crippen LogP contribution is 2.31. The van der Waals surface area contributed by atoms with Crippen LogP contribution in [0.25, 0.3) is 11.4 Å². The molecule has 0 aliphatic rings. The molecule has 2 rings (SSSR count). The molecule has 106 valence electrons. The van der Waals surface area contributed by atoms with E-state index in [0.717, 1.165) is 39.3 Å². The summed E-state index contributed by atoms with van der Waals surface area (Å²) in [6, 6.07) is 5.78. The Bertz CT molecular complexity index is 629. The summed E-state index contributed by atoms with van der Waals surface area (Å²) in [5.74, 6) is 2.36. The molecule has 4 nitrogen and oxygen atoms in total. The van der Waals surface area contributed by atoms with E-state index < -0.39 is 0 Å². The number of rotatable bonds is 4. The van der Waals surface area contributed by atoms with Gasteiger partial charge in [0, 0.05) is 28.3 Å². The minimum absolute atomic E-state index is 0.690. The van der Waals surface area contributed by atoms with E-state index in [0.29, 0.717) is 5.82 Å². The van der Waals surface area contributed by atoms with Crippen molar-refractivity contribution in [2.45, 2.75) is 20.3 Å². The number of benzene rings is 1. The number of hydrogen-bond acceptors (Lipinski definition) is 4. The van der Waals surface area contributed by atoms with Gasteiger partial charge < -0.3 is 10.1 Å². The lowest BCUT2D eigenvalue weighted by molar-refractivity contribution is 0.415. The molecule has 0 fully saturated rings. The summed E-state index contributed by atoms with van der Waals surface area (Å²) in [5, 5.41) is 3.15. The molecule has 0 atom stereocenters. The van der Waals surface area contributed by atoms with Crippen molar-refractivity contribution < 1.29 is 4.74 Å². The van der Waals surface area contributed by atoms with Crippen LogP contribution in [0.3, 0.4) is 0 Å². The van der Waals surface area contributed by atoms with Crippen molar-refractivity contribution in [1.82, 2.24) is 9.97 Å². The molecule has 0 bridgehead atoms. The van der Waals surface area contributed by atoms with Gasteiger partial charge in [-0.15, -0.1) is 0 Å². The van der Waals surface area contributed by atoms with E-state index >= 15 is 0 Å². The molecule has 20 heavy (non-hydrogen) atoms. The van der Waals surface area contributed by atoms with Crippen LogP contribution >= 0.6 is 15.9 Å². The second-order valence-corrected chi connectivity index (χ2v) is 5.26. The van der Waals surface area contributed by atoms with Crippen LogP contribution in [-0.2, 0) is 6.42 Å². The molecular formula is C15H18BrN3O. The number of methoxy groups -OCH3 is 1. The van der Waals surface area contributed by atoms with Gasteiger partial charge in [-0.25, -0.2) is 9.97 Å². The summed E-state index contributed by atoms with van der Waals surface area (Å²) in [6.45, 7) is 4.12. The highest BCUT2D eigenvalue weighted by Gasteiger charge is 2.13. The summed E-state index contributed by atoms with van der Waals surface area (Å²) in [7, 11) is 3.53. The zero-order chi connectivity index (χ0) is 14.7. The fourth-order valence-corrected chi connectivity index (χ4v) is 2.57. The van der Waals surface area contributed by atoms with Gasteiger partial charge in [0.15, 0.2) is 5.82 Å². The number of aromatic nitrogens is 2. The highest BCUT2D eigenvalue weighted by atomic mass is 79.9. The summed E-state index contributed by atoms with van der Waals surface area (Å²) in [4.78, 5) is 9.24. The largest absolute Gasteiger partial charge is 0.497 e. The van der Waals surface area contributed by atoms with Crippen LogP contribution in [-0.4, -0.2) is 24.1 Å². The minimum atomic E-state index is 0.690. The normalized spacial score (nSPS) is 10.4. The molecule has 0 spiro atoms. The molecule has 0 aliphatic carbocycles. The lowest BCUT2D eigenvalue weighted by atomic mass is 10.1. The molecule has 0 aliphatic heterocycles. The maximum atomic E-state index is 5.27. The predicted octanol–water partition coefficient (Wildman–Crippen LogP) is 3.83. The molecule has 0 radical (unpaired) electrons. The predicted molar refractivity (Wildman–Crippen MR) is 85.4 cm³/mol. The van der Waals surface area contributed by atoms with Gasteiger partial charge in [-0.3, -0.25) is 0 Å². The van der Waals surface area contributed by atoms with Crippen LogP contribution in [0, 0.1) is 6.92 Å². The van der Waals surface area contributed by atoms with Gasteiger partial charge in [0.2, 0.25) is 0 Å². The average molecular weight is 336 g/mol. The number of ether oxygens (including phenoxy) is 1. The van der Waals surface area contributed by atoms with Crippen molar-refractivity contribution in [3.8, 4) is 17.1 Å². The number of halogens is 1. The van der Waals surface area contributed by atoms with Gasteiger partial charge in [0.25, 0.3) is 0 Å². The first-order valence-corrected chi connectivity index (χ1v) is 7.29. The van der Waals surface area contributed by atoms with E-state index in [2.05, 4.69) is 38.1 Å². The summed E-state index contributed by atoms with van der Waals surface area (Å²) in [6.07, 6.45) is 0.904. The fraction of sp³-hybridized carbons (Fsp3) is 0.333. The van der Waals surface area contributed by atoms with Gasteiger partial charge in [-0.05, 0) is 31.5 Å². The Morgan fingerprint density at radius 1 is 1.30 bits per heavy atom. The second-order valence-electron chi connectivity index (χ2n) is 4.41. The Balaban J connectivity index is 2.61. The molecule has 2 aromatic rings. The molecule has 1 heterocycles. The molecule has 5 heteroatoms. The fourth-order valence-electron chi connectivity index (χ4n) is 2.15. The number of nitrogens with one attached hydrogen (secondary N) is 1. The van der Waals surface area contributed by atoms with Gasteiger partial charge in [-0.1, -0.05) is 22.9 Å². The van der Waals surface area contributed by atoms with Gasteiger partial charge in [-0.2, -0.15) is 0 Å². The average Bonchev–Trinajstić information content (AvgIpc) is 2.46. The van der Waals surface area contributed by atoms with E-state index in [-0.39, 0.29) is 0 Å². The Kier molecular flexibility index (Phi) is 4.60. The molecule has 1 N–H and O–H groups in total. The highest BCUT2D eigenvalue weighted by molar-refractivity contribution is 9.10. The third-order valence-electron chi connectivity index (χ3n) is 3.22. The zero-order valence-corrected chi connectivity index (χ0v) is 13.7. The Morgan fingerprint density at radius 3 is 2.65 bits per heavy atom. The lowest BCUT2D eigenvalue weighted by Gasteiger charge is -2.13. The first-order valence-electron chi connectivity index (χ1n) is 6.49. The number of nitrogens with zero attached hydrogens (tertiary/aromatic N) is 2. The molecule has 0 unspecified atom stereocenters. The van der Waals surface area contributed by atoms with E-state index in [1.54, 1.807) is 7.11 Å². The topological polar surface area (TPSA) is 47.0 Å². The summed E-state index contributed by atoms with van der Waals surface area (Å²) in [5.41, 5.74) is 3.07. The van der Waals surface area contributed by atoms with Crippen molar-refractivity contribution in [3.63, 3.8) is 0 Å². The minimum Gasteiger partial charge on any atom is -0.497 e. The van der Waals surface area contributed by atoms with Crippen molar-refractivity contribution >= 4 is 21.7 Å². The number of anilines is 1. The van der Waals surface area contributed by atoms with Crippen LogP contribution in [0.1, 0.15) is 18.2 Å². The van der Waals surface area contributed by atoms with Crippen LogP contribution in [0.4, 0.5) is 5.82 Å². The molecule has 1 aromatic carbocycles. The van der Waals surface area contributed by atoms with Crippen LogP contribution in [0.5, 0.6) is 5.75 Å². The van der Waals surface area contributed by atoms with Crippen LogP contribution < -0.4 is 10.1 Å². The molecule has 0 amide bonds. The first kappa shape index (κ1) is 14.8. The lowest BCUT2D eigenvalue weighted by Crippen LogP contribution is -2.05. The number of hydrogen-bond donors (Lipinski definition) is 1. The van der Waals surface area contributed by atoms with Crippen LogP contribution in [0.2, 0.25) is 0 Å². The molecule has 0 saturated carbocycles. The maximum absolute atomic E-state index is 5.27. The smallest absolute Gasteiger partial charge is 0.163 e. The maximum Gasteiger partial charge on any atom is 0.163 e. The van der Waals surface area contributed by atoms with Crippen molar-refractivity contribution in [3.05, 3.63) is 33.9 Å². The van der Waals surface area contributed by atoms with Gasteiger partial charge in [0.1, 0.15) is 11.6 Å². The van der Waals surface area contributed by atoms with Crippen molar-refractivity contribution in [2.75, 3.05) is 19.5 Å². The summed E-state index contributed by atoms with van der Waals surface area (Å²) < 4.78 is 6.22. The standard InChI is InChI=1S/C15H18BrN3O/c1-5-11-9(2)18-15(19-14(11)17-3)12-8-10(20-4)6-7-13(12)16/h6-8H,5H2,1-4H3,(H,17,18,19). The van der Waals surface area contributed by atoms with Crippen molar-refractivity contribution in [1.29, 1.82) is 0 Å². The van der Waals surface area contributed by atoms with Gasteiger partial charge >= 0.3 is 0 Å². The van der Waals surface area contributed by atoms with Crippen molar-refractivity contribution in [2.24, 2.45) is 0 Å². The third-order valence-corrected chi connectivity index (χ3v) is 3.91. The molecule has 0 saturated heterocycles. The van der Waals surface area contributed by atoms with E-state index in [1.807, 2.05) is 32.2 Å². The number of aryl methyl sites for hydroxylation is 1. The Labute approximate surface area is 127 Å². The summed E-state index contributed by atoms with van der Waals surface area (Å²) >= 11 is 3.55. The van der Waals surface area contributed by atoms with E-state index in [1.165, 1.54) is 0 Å². The Hall–Kier alpha value is -1.62. The first-order chi connectivity index (χ1) is 9.60. The van der Waals surface area contributed by atoms with Gasteiger partial charge in [0.05, 0.1) is 7.11 Å². The molecule has 1 aromatic heterocycles. The zero-order valence-electron chi connectivity index (χ0n) is 12.1.